The number of nitrogens with two attached hydrogens (primary N) is 1. The summed E-state index contributed by atoms with van der Waals surface area (Å²) < 4.78 is 0. The number of carbonyl (C=O) groups excluding carboxylic acids is 1. The molecule has 1 aliphatic carbocycles. The fraction of sp³-hybridized carbons (Fsp3) is 0.375. The van der Waals surface area contributed by atoms with E-state index in [0.717, 1.165) is 53.2 Å². The predicted molar refractivity (Wildman–Crippen MR) is 123 cm³/mol. The van der Waals surface area contributed by atoms with E-state index in [-0.39, 0.29) is 12.3 Å². The van der Waals surface area contributed by atoms with Crippen molar-refractivity contribution < 1.29 is 4.79 Å². The van der Waals surface area contributed by atoms with Gasteiger partial charge in [-0.3, -0.25) is 4.79 Å². The number of aromatic nitrogens is 2. The smallest absolute Gasteiger partial charge is 0.229 e. The molecular weight excluding hydrogens is 396 g/mol. The quantitative estimate of drug-likeness (QED) is 0.676. The zero-order valence-corrected chi connectivity index (χ0v) is 18.8. The molecule has 0 fully saturated rings. The van der Waals surface area contributed by atoms with E-state index in [1.54, 1.807) is 12.1 Å². The van der Waals surface area contributed by atoms with Gasteiger partial charge < -0.3 is 11.1 Å². The molecule has 1 aromatic heterocycles. The lowest BCUT2D eigenvalue weighted by atomic mass is 9.91. The van der Waals surface area contributed by atoms with Crippen molar-refractivity contribution in [3.8, 4) is 0 Å². The van der Waals surface area contributed by atoms with Crippen LogP contribution in [0, 0.1) is 5.92 Å². The number of allylic oxidation sites excluding steroid dienone is 4. The Bertz CT molecular complexity index is 1000. The number of hydrogen-bond acceptors (Lipinski definition) is 4. The fourth-order valence-electron chi connectivity index (χ4n) is 3.62. The van der Waals surface area contributed by atoms with E-state index in [9.17, 15) is 4.79 Å². The standard InChI is InChI=1S/C24H29ClN4O/c1-14(2)11-21-24(29-22(30)13-17-5-8-19(25)9-6-17)28-20-10-7-18(12-15(3)26)16(4)23(20)27-21/h5-6,8-9,12,14H,7,10-11,13,26H2,1-4H3,(H,28,29,30)/b15-12+. The number of anilines is 1. The Labute approximate surface area is 183 Å². The highest BCUT2D eigenvalue weighted by Gasteiger charge is 2.22. The lowest BCUT2D eigenvalue weighted by Crippen LogP contribution is -2.20. The van der Waals surface area contributed by atoms with Crippen LogP contribution in [-0.4, -0.2) is 15.9 Å². The maximum absolute atomic E-state index is 12.7. The molecule has 0 unspecified atom stereocenters. The molecule has 0 bridgehead atoms. The van der Waals surface area contributed by atoms with Gasteiger partial charge in [0.2, 0.25) is 5.91 Å². The van der Waals surface area contributed by atoms with Gasteiger partial charge in [0, 0.05) is 10.7 Å². The third-order valence-electron chi connectivity index (χ3n) is 5.05. The van der Waals surface area contributed by atoms with Crippen LogP contribution in [0.25, 0.3) is 5.57 Å². The molecule has 0 aliphatic heterocycles. The highest BCUT2D eigenvalue weighted by atomic mass is 35.5. The summed E-state index contributed by atoms with van der Waals surface area (Å²) >= 11 is 5.93. The topological polar surface area (TPSA) is 80.9 Å². The molecule has 1 aliphatic rings. The van der Waals surface area contributed by atoms with Crippen LogP contribution in [0.4, 0.5) is 5.82 Å². The molecule has 1 amide bonds. The van der Waals surface area contributed by atoms with E-state index in [0.29, 0.717) is 16.8 Å². The largest absolute Gasteiger partial charge is 0.402 e. The third-order valence-corrected chi connectivity index (χ3v) is 5.30. The van der Waals surface area contributed by atoms with Gasteiger partial charge in [-0.25, -0.2) is 9.97 Å². The minimum atomic E-state index is -0.109. The molecule has 6 heteroatoms. The number of rotatable bonds is 6. The number of nitrogens with zero attached hydrogens (tertiary/aromatic N) is 2. The Hall–Kier alpha value is -2.66. The normalized spacial score (nSPS) is 14.1. The Morgan fingerprint density at radius 1 is 1.23 bits per heavy atom. The van der Waals surface area contributed by atoms with Crippen molar-refractivity contribution in [1.29, 1.82) is 0 Å². The Morgan fingerprint density at radius 3 is 2.57 bits per heavy atom. The van der Waals surface area contributed by atoms with Gasteiger partial charge in [0.1, 0.15) is 0 Å². The average molecular weight is 425 g/mol. The molecule has 3 N–H and O–H groups in total. The zero-order chi connectivity index (χ0) is 21.8. The summed E-state index contributed by atoms with van der Waals surface area (Å²) in [6, 6.07) is 7.30. The molecule has 3 rings (SSSR count). The molecule has 1 aromatic carbocycles. The van der Waals surface area contributed by atoms with E-state index >= 15 is 0 Å². The summed E-state index contributed by atoms with van der Waals surface area (Å²) in [7, 11) is 0. The van der Waals surface area contributed by atoms with Gasteiger partial charge in [0.05, 0.1) is 23.5 Å². The van der Waals surface area contributed by atoms with Gasteiger partial charge in [0.25, 0.3) is 0 Å². The van der Waals surface area contributed by atoms with E-state index in [2.05, 4.69) is 26.1 Å². The van der Waals surface area contributed by atoms with Crippen LogP contribution in [0.1, 0.15) is 56.8 Å². The average Bonchev–Trinajstić information content (AvgIpc) is 2.66. The van der Waals surface area contributed by atoms with Crippen LogP contribution in [0.5, 0.6) is 0 Å². The highest BCUT2D eigenvalue weighted by Crippen LogP contribution is 2.32. The number of halogens is 1. The van der Waals surface area contributed by atoms with E-state index in [4.69, 9.17) is 27.3 Å². The first-order chi connectivity index (χ1) is 14.2. The molecule has 0 saturated carbocycles. The van der Waals surface area contributed by atoms with Crippen LogP contribution in [0.15, 0.2) is 41.6 Å². The molecule has 2 aromatic rings. The van der Waals surface area contributed by atoms with Gasteiger partial charge in [-0.05, 0) is 73.9 Å². The summed E-state index contributed by atoms with van der Waals surface area (Å²) in [6.07, 6.45) is 4.67. The van der Waals surface area contributed by atoms with Gasteiger partial charge in [-0.1, -0.05) is 37.6 Å². The summed E-state index contributed by atoms with van der Waals surface area (Å²) in [5.41, 5.74) is 12.6. The van der Waals surface area contributed by atoms with Crippen molar-refractivity contribution in [3.05, 3.63) is 69.3 Å². The van der Waals surface area contributed by atoms with Crippen LogP contribution < -0.4 is 11.1 Å². The first kappa shape index (κ1) is 22.0. The van der Waals surface area contributed by atoms with Crippen molar-refractivity contribution >= 4 is 28.9 Å². The number of carbonyl (C=O) groups is 1. The number of amides is 1. The maximum atomic E-state index is 12.7. The number of fused-ring (bicyclic) bond motifs is 1. The Kier molecular flexibility index (Phi) is 6.93. The minimum absolute atomic E-state index is 0.109. The Morgan fingerprint density at radius 2 is 1.93 bits per heavy atom. The molecule has 1 heterocycles. The zero-order valence-electron chi connectivity index (χ0n) is 18.1. The van der Waals surface area contributed by atoms with Crippen LogP contribution in [0.2, 0.25) is 5.02 Å². The molecule has 0 spiro atoms. The van der Waals surface area contributed by atoms with Crippen LogP contribution in [-0.2, 0) is 24.1 Å². The predicted octanol–water partition coefficient (Wildman–Crippen LogP) is 5.09. The minimum Gasteiger partial charge on any atom is -0.402 e. The third kappa shape index (κ3) is 5.48. The van der Waals surface area contributed by atoms with Crippen molar-refractivity contribution in [1.82, 2.24) is 9.97 Å². The summed E-state index contributed by atoms with van der Waals surface area (Å²) in [4.78, 5) is 22.4. The second-order valence-electron chi connectivity index (χ2n) is 8.30. The summed E-state index contributed by atoms with van der Waals surface area (Å²) in [5, 5.41) is 3.65. The maximum Gasteiger partial charge on any atom is 0.229 e. The first-order valence-electron chi connectivity index (χ1n) is 10.3. The first-order valence-corrected chi connectivity index (χ1v) is 10.7. The van der Waals surface area contributed by atoms with E-state index < -0.39 is 0 Å². The molecule has 30 heavy (non-hydrogen) atoms. The van der Waals surface area contributed by atoms with Crippen LogP contribution >= 0.6 is 11.6 Å². The monoisotopic (exact) mass is 424 g/mol. The lowest BCUT2D eigenvalue weighted by molar-refractivity contribution is -0.115. The number of nitrogens with one attached hydrogen (secondary N) is 1. The van der Waals surface area contributed by atoms with Gasteiger partial charge in [-0.15, -0.1) is 0 Å². The molecule has 158 valence electrons. The second kappa shape index (κ2) is 9.43. The van der Waals surface area contributed by atoms with Crippen molar-refractivity contribution in [2.75, 3.05) is 5.32 Å². The van der Waals surface area contributed by atoms with Crippen molar-refractivity contribution in [2.45, 2.75) is 53.4 Å². The fourth-order valence-corrected chi connectivity index (χ4v) is 3.75. The SMILES string of the molecule is CC1=C(/C=C(\C)N)CCc2nc(NC(=O)Cc3ccc(Cl)cc3)c(CC(C)C)nc21. The molecular formula is C24H29ClN4O. The summed E-state index contributed by atoms with van der Waals surface area (Å²) in [5.74, 6) is 0.855. The lowest BCUT2D eigenvalue weighted by Gasteiger charge is -2.21. The van der Waals surface area contributed by atoms with Crippen LogP contribution in [0.3, 0.4) is 0 Å². The van der Waals surface area contributed by atoms with Gasteiger partial charge >= 0.3 is 0 Å². The van der Waals surface area contributed by atoms with E-state index in [1.807, 2.05) is 25.1 Å². The number of hydrogen-bond donors (Lipinski definition) is 2. The summed E-state index contributed by atoms with van der Waals surface area (Å²) in [6.45, 7) is 8.23. The molecule has 0 saturated heterocycles. The van der Waals surface area contributed by atoms with E-state index in [1.165, 1.54) is 5.57 Å². The second-order valence-corrected chi connectivity index (χ2v) is 8.74. The van der Waals surface area contributed by atoms with Crippen molar-refractivity contribution in [2.24, 2.45) is 11.7 Å². The van der Waals surface area contributed by atoms with Crippen molar-refractivity contribution in [3.63, 3.8) is 0 Å². The molecule has 0 atom stereocenters. The van der Waals surface area contributed by atoms with Gasteiger partial charge in [-0.2, -0.15) is 0 Å². The highest BCUT2D eigenvalue weighted by molar-refractivity contribution is 6.30. The molecule has 0 radical (unpaired) electrons. The molecule has 5 nitrogen and oxygen atoms in total. The number of aryl methyl sites for hydroxylation is 1. The number of benzene rings is 1. The van der Waals surface area contributed by atoms with Gasteiger partial charge in [0.15, 0.2) is 5.82 Å². The Balaban J connectivity index is 1.91.